The molecular formula is C11H16O2. The number of hydrogen-bond acceptors (Lipinski definition) is 2. The van der Waals surface area contributed by atoms with Crippen molar-refractivity contribution in [1.82, 2.24) is 0 Å². The van der Waals surface area contributed by atoms with E-state index in [-0.39, 0.29) is 5.43 Å². The lowest BCUT2D eigenvalue weighted by molar-refractivity contribution is 0.441. The molecule has 0 saturated heterocycles. The largest absolute Gasteiger partial charge is 0.466 e. The molecule has 0 aromatic carbocycles. The molecule has 0 N–H and O–H groups in total. The summed E-state index contributed by atoms with van der Waals surface area (Å²) in [4.78, 5) is 11.2. The highest BCUT2D eigenvalue weighted by molar-refractivity contribution is 5.06. The molecule has 1 aromatic heterocycles. The van der Waals surface area contributed by atoms with E-state index in [0.29, 0.717) is 0 Å². The first-order valence-electron chi connectivity index (χ1n) is 4.89. The molecule has 0 aliphatic carbocycles. The normalized spacial score (nSPS) is 10.3. The van der Waals surface area contributed by atoms with Gasteiger partial charge < -0.3 is 4.42 Å². The van der Waals surface area contributed by atoms with Crippen LogP contribution in [0.25, 0.3) is 0 Å². The van der Waals surface area contributed by atoms with Crippen LogP contribution in [0.3, 0.4) is 0 Å². The minimum Gasteiger partial charge on any atom is -0.466 e. The Balaban J connectivity index is 2.90. The molecule has 72 valence electrons. The molecule has 1 aromatic rings. The molecular weight excluding hydrogens is 164 g/mol. The predicted molar refractivity (Wildman–Crippen MR) is 53.0 cm³/mol. The third-order valence-corrected chi connectivity index (χ3v) is 1.86. The smallest absolute Gasteiger partial charge is 0.185 e. The summed E-state index contributed by atoms with van der Waals surface area (Å²) in [6.07, 6.45) is 3.73. The molecule has 0 aliphatic rings. The average Bonchev–Trinajstić information content (AvgIpc) is 2.04. The Morgan fingerprint density at radius 1 is 1.08 bits per heavy atom. The van der Waals surface area contributed by atoms with E-state index in [1.807, 2.05) is 0 Å². The molecule has 1 heterocycles. The Hall–Kier alpha value is -1.05. The standard InChI is InChI=1S/C11H16O2/c1-3-5-10-7-9(12)8-11(13-10)6-4-2/h7-8H,3-6H2,1-2H3. The molecule has 2 nitrogen and oxygen atoms in total. The van der Waals surface area contributed by atoms with E-state index in [2.05, 4.69) is 13.8 Å². The molecule has 0 unspecified atom stereocenters. The van der Waals surface area contributed by atoms with Crippen LogP contribution in [0.5, 0.6) is 0 Å². The van der Waals surface area contributed by atoms with Gasteiger partial charge in [-0.05, 0) is 12.8 Å². The van der Waals surface area contributed by atoms with Crippen LogP contribution in [0.1, 0.15) is 38.2 Å². The first-order chi connectivity index (χ1) is 6.26. The van der Waals surface area contributed by atoms with Crippen molar-refractivity contribution in [2.45, 2.75) is 39.5 Å². The molecule has 0 aliphatic heterocycles. The highest BCUT2D eigenvalue weighted by atomic mass is 16.3. The van der Waals surface area contributed by atoms with Crippen molar-refractivity contribution in [3.05, 3.63) is 33.9 Å². The molecule has 1 rings (SSSR count). The lowest BCUT2D eigenvalue weighted by Gasteiger charge is -2.01. The zero-order chi connectivity index (χ0) is 9.68. The maximum atomic E-state index is 11.2. The molecule has 0 radical (unpaired) electrons. The van der Waals surface area contributed by atoms with E-state index >= 15 is 0 Å². The zero-order valence-corrected chi connectivity index (χ0v) is 8.30. The number of hydrogen-bond donors (Lipinski definition) is 0. The summed E-state index contributed by atoms with van der Waals surface area (Å²) in [5, 5.41) is 0. The summed E-state index contributed by atoms with van der Waals surface area (Å²) in [6.45, 7) is 4.15. The summed E-state index contributed by atoms with van der Waals surface area (Å²) in [6, 6.07) is 3.17. The monoisotopic (exact) mass is 180 g/mol. The number of aryl methyl sites for hydroxylation is 2. The molecule has 2 heteroatoms. The van der Waals surface area contributed by atoms with Crippen LogP contribution in [-0.4, -0.2) is 0 Å². The van der Waals surface area contributed by atoms with Gasteiger partial charge in [0.2, 0.25) is 0 Å². The third kappa shape index (κ3) is 3.05. The van der Waals surface area contributed by atoms with Crippen LogP contribution in [0.15, 0.2) is 21.3 Å². The van der Waals surface area contributed by atoms with Gasteiger partial charge in [-0.2, -0.15) is 0 Å². The molecule has 0 fully saturated rings. The molecule has 0 amide bonds. The van der Waals surface area contributed by atoms with Crippen LogP contribution < -0.4 is 5.43 Å². The summed E-state index contributed by atoms with van der Waals surface area (Å²) in [5.74, 6) is 1.64. The summed E-state index contributed by atoms with van der Waals surface area (Å²) in [7, 11) is 0. The molecule has 13 heavy (non-hydrogen) atoms. The van der Waals surface area contributed by atoms with Crippen LogP contribution in [0.2, 0.25) is 0 Å². The molecule has 0 saturated carbocycles. The second kappa shape index (κ2) is 4.85. The highest BCUT2D eigenvalue weighted by Crippen LogP contribution is 2.06. The maximum absolute atomic E-state index is 11.2. The Morgan fingerprint density at radius 3 is 1.92 bits per heavy atom. The number of rotatable bonds is 4. The molecule has 0 bridgehead atoms. The van der Waals surface area contributed by atoms with Crippen molar-refractivity contribution in [3.8, 4) is 0 Å². The van der Waals surface area contributed by atoms with Gasteiger partial charge in [-0.3, -0.25) is 4.79 Å². The van der Waals surface area contributed by atoms with Gasteiger partial charge in [0.25, 0.3) is 0 Å². The summed E-state index contributed by atoms with van der Waals surface area (Å²) < 4.78 is 5.54. The van der Waals surface area contributed by atoms with Crippen molar-refractivity contribution in [1.29, 1.82) is 0 Å². The minimum absolute atomic E-state index is 0.0677. The van der Waals surface area contributed by atoms with Crippen LogP contribution in [0.4, 0.5) is 0 Å². The van der Waals surface area contributed by atoms with E-state index in [0.717, 1.165) is 37.2 Å². The van der Waals surface area contributed by atoms with Crippen LogP contribution in [-0.2, 0) is 12.8 Å². The van der Waals surface area contributed by atoms with E-state index < -0.39 is 0 Å². The fourth-order valence-corrected chi connectivity index (χ4v) is 1.33. The second-order valence-electron chi connectivity index (χ2n) is 3.23. The second-order valence-corrected chi connectivity index (χ2v) is 3.23. The average molecular weight is 180 g/mol. The topological polar surface area (TPSA) is 30.2 Å². The van der Waals surface area contributed by atoms with Gasteiger partial charge >= 0.3 is 0 Å². The van der Waals surface area contributed by atoms with Gasteiger partial charge in [0.1, 0.15) is 11.5 Å². The van der Waals surface area contributed by atoms with Crippen molar-refractivity contribution in [2.75, 3.05) is 0 Å². The van der Waals surface area contributed by atoms with Gasteiger partial charge in [0.15, 0.2) is 5.43 Å². The lowest BCUT2D eigenvalue weighted by Crippen LogP contribution is -2.02. The third-order valence-electron chi connectivity index (χ3n) is 1.86. The molecule has 0 atom stereocenters. The summed E-state index contributed by atoms with van der Waals surface area (Å²) in [5.41, 5.74) is 0.0677. The Kier molecular flexibility index (Phi) is 3.74. The predicted octanol–water partition coefficient (Wildman–Crippen LogP) is 2.54. The Labute approximate surface area is 78.6 Å². The SMILES string of the molecule is CCCc1cc(=O)cc(CCC)o1. The van der Waals surface area contributed by atoms with Gasteiger partial charge in [-0.1, -0.05) is 13.8 Å². The molecule has 0 spiro atoms. The van der Waals surface area contributed by atoms with Crippen LogP contribution in [0, 0.1) is 0 Å². The van der Waals surface area contributed by atoms with Crippen molar-refractivity contribution in [2.24, 2.45) is 0 Å². The fourth-order valence-electron chi connectivity index (χ4n) is 1.33. The van der Waals surface area contributed by atoms with Crippen molar-refractivity contribution >= 4 is 0 Å². The Morgan fingerprint density at radius 2 is 1.54 bits per heavy atom. The van der Waals surface area contributed by atoms with Crippen molar-refractivity contribution < 1.29 is 4.42 Å². The Bertz CT molecular complexity index is 285. The fraction of sp³-hybridized carbons (Fsp3) is 0.545. The van der Waals surface area contributed by atoms with E-state index in [1.54, 1.807) is 12.1 Å². The summed E-state index contributed by atoms with van der Waals surface area (Å²) >= 11 is 0. The van der Waals surface area contributed by atoms with E-state index in [1.165, 1.54) is 0 Å². The lowest BCUT2D eigenvalue weighted by atomic mass is 10.2. The highest BCUT2D eigenvalue weighted by Gasteiger charge is 2.00. The van der Waals surface area contributed by atoms with E-state index in [4.69, 9.17) is 4.42 Å². The first kappa shape index (κ1) is 10.0. The van der Waals surface area contributed by atoms with Crippen LogP contribution >= 0.6 is 0 Å². The minimum atomic E-state index is 0.0677. The van der Waals surface area contributed by atoms with Crippen molar-refractivity contribution in [3.63, 3.8) is 0 Å². The van der Waals surface area contributed by atoms with E-state index in [9.17, 15) is 4.79 Å². The van der Waals surface area contributed by atoms with Gasteiger partial charge in [-0.15, -0.1) is 0 Å². The quantitative estimate of drug-likeness (QED) is 0.712. The van der Waals surface area contributed by atoms with Gasteiger partial charge in [-0.25, -0.2) is 0 Å². The zero-order valence-electron chi connectivity index (χ0n) is 8.30. The van der Waals surface area contributed by atoms with Gasteiger partial charge in [0, 0.05) is 25.0 Å². The first-order valence-corrected chi connectivity index (χ1v) is 4.89. The maximum Gasteiger partial charge on any atom is 0.185 e. The van der Waals surface area contributed by atoms with Gasteiger partial charge in [0.05, 0.1) is 0 Å².